The van der Waals surface area contributed by atoms with Crippen LogP contribution in [0.4, 0.5) is 0 Å². The molecule has 1 aromatic carbocycles. The van der Waals surface area contributed by atoms with Crippen molar-refractivity contribution in [3.8, 4) is 6.07 Å². The van der Waals surface area contributed by atoms with E-state index < -0.39 is 11.4 Å². The molecule has 4 heteroatoms. The summed E-state index contributed by atoms with van der Waals surface area (Å²) in [5.74, 6) is 0.932. The standard InChI is InChI=1S/C22H28N2O2/c1-14(2)16-10-9-15(3)11-20(16)26-21(25)22(4,13-23)18-12-24-19-8-6-5-7-17(18)19/h5-8,12,14-16,20,24H,9-11H2,1-4H3/t15-,16+,20-,22-/m1/s1. The van der Waals surface area contributed by atoms with Crippen molar-refractivity contribution in [1.29, 1.82) is 5.26 Å². The minimum Gasteiger partial charge on any atom is -0.461 e. The van der Waals surface area contributed by atoms with Gasteiger partial charge in [-0.3, -0.25) is 0 Å². The van der Waals surface area contributed by atoms with Gasteiger partial charge in [-0.25, -0.2) is 4.79 Å². The molecule has 138 valence electrons. The number of ether oxygens (including phenoxy) is 1. The summed E-state index contributed by atoms with van der Waals surface area (Å²) in [5, 5.41) is 10.8. The maximum Gasteiger partial charge on any atom is 0.331 e. The van der Waals surface area contributed by atoms with Crippen molar-refractivity contribution in [2.75, 3.05) is 0 Å². The Morgan fingerprint density at radius 3 is 2.77 bits per heavy atom. The molecule has 0 spiro atoms. The molecule has 0 amide bonds. The first-order valence-corrected chi connectivity index (χ1v) is 9.55. The third-order valence-electron chi connectivity index (χ3n) is 5.98. The number of carbonyl (C=O) groups excluding carboxylic acids is 1. The molecule has 1 aliphatic carbocycles. The lowest BCUT2D eigenvalue weighted by Crippen LogP contribution is -2.41. The Morgan fingerprint density at radius 2 is 2.08 bits per heavy atom. The molecule has 1 aliphatic rings. The fraction of sp³-hybridized carbons (Fsp3) is 0.545. The average molecular weight is 352 g/mol. The first kappa shape index (κ1) is 18.5. The van der Waals surface area contributed by atoms with Crippen LogP contribution in [0.15, 0.2) is 30.5 Å². The zero-order valence-corrected chi connectivity index (χ0v) is 16.1. The van der Waals surface area contributed by atoms with E-state index in [2.05, 4.69) is 31.8 Å². The van der Waals surface area contributed by atoms with Gasteiger partial charge in [0.2, 0.25) is 0 Å². The molecule has 1 N–H and O–H groups in total. The van der Waals surface area contributed by atoms with Crippen molar-refractivity contribution in [3.05, 3.63) is 36.0 Å². The van der Waals surface area contributed by atoms with Crippen LogP contribution < -0.4 is 0 Å². The second-order valence-corrected chi connectivity index (χ2v) is 8.25. The maximum absolute atomic E-state index is 13.1. The van der Waals surface area contributed by atoms with Gasteiger partial charge in [0, 0.05) is 22.7 Å². The zero-order chi connectivity index (χ0) is 18.9. The number of fused-ring (bicyclic) bond motifs is 1. The number of para-hydroxylation sites is 1. The molecule has 1 heterocycles. The quantitative estimate of drug-likeness (QED) is 0.791. The summed E-state index contributed by atoms with van der Waals surface area (Å²) in [6, 6.07) is 9.95. The van der Waals surface area contributed by atoms with Gasteiger partial charge in [0.25, 0.3) is 0 Å². The van der Waals surface area contributed by atoms with Gasteiger partial charge >= 0.3 is 5.97 Å². The van der Waals surface area contributed by atoms with Gasteiger partial charge in [-0.15, -0.1) is 0 Å². The minimum absolute atomic E-state index is 0.107. The van der Waals surface area contributed by atoms with Crippen LogP contribution in [0.2, 0.25) is 0 Å². The lowest BCUT2D eigenvalue weighted by Gasteiger charge is -2.37. The Hall–Kier alpha value is -2.28. The summed E-state index contributed by atoms with van der Waals surface area (Å²) >= 11 is 0. The number of nitrogens with zero attached hydrogens (tertiary/aromatic N) is 1. The number of carbonyl (C=O) groups is 1. The molecule has 1 fully saturated rings. The number of aromatic nitrogens is 1. The third kappa shape index (κ3) is 3.23. The number of hydrogen-bond donors (Lipinski definition) is 1. The number of aromatic amines is 1. The van der Waals surface area contributed by atoms with Gasteiger partial charge in [0.1, 0.15) is 6.10 Å². The number of esters is 1. The Morgan fingerprint density at radius 1 is 1.35 bits per heavy atom. The first-order valence-electron chi connectivity index (χ1n) is 9.55. The van der Waals surface area contributed by atoms with Crippen LogP contribution in [0.1, 0.15) is 52.5 Å². The average Bonchev–Trinajstić information content (AvgIpc) is 3.05. The molecule has 4 nitrogen and oxygen atoms in total. The lowest BCUT2D eigenvalue weighted by molar-refractivity contribution is -0.160. The summed E-state index contributed by atoms with van der Waals surface area (Å²) < 4.78 is 5.99. The first-order chi connectivity index (χ1) is 12.4. The maximum atomic E-state index is 13.1. The number of benzene rings is 1. The topological polar surface area (TPSA) is 65.9 Å². The van der Waals surface area contributed by atoms with E-state index in [1.807, 2.05) is 24.3 Å². The Bertz CT molecular complexity index is 832. The van der Waals surface area contributed by atoms with Crippen molar-refractivity contribution in [1.82, 2.24) is 4.98 Å². The van der Waals surface area contributed by atoms with Gasteiger partial charge in [-0.05, 0) is 43.6 Å². The van der Waals surface area contributed by atoms with E-state index in [1.165, 1.54) is 6.42 Å². The van der Waals surface area contributed by atoms with Gasteiger partial charge in [-0.1, -0.05) is 45.4 Å². The van der Waals surface area contributed by atoms with Gasteiger partial charge in [0.15, 0.2) is 5.41 Å². The van der Waals surface area contributed by atoms with Gasteiger partial charge < -0.3 is 9.72 Å². The minimum atomic E-state index is -1.32. The van der Waals surface area contributed by atoms with Gasteiger partial charge in [0.05, 0.1) is 6.07 Å². The molecular formula is C22H28N2O2. The highest BCUT2D eigenvalue weighted by molar-refractivity contribution is 5.94. The number of hydrogen-bond acceptors (Lipinski definition) is 3. The second-order valence-electron chi connectivity index (χ2n) is 8.25. The molecule has 0 bridgehead atoms. The molecule has 1 saturated carbocycles. The molecule has 0 aliphatic heterocycles. The smallest absolute Gasteiger partial charge is 0.331 e. The largest absolute Gasteiger partial charge is 0.461 e. The van der Waals surface area contributed by atoms with Crippen LogP contribution in [-0.4, -0.2) is 17.1 Å². The van der Waals surface area contributed by atoms with Crippen LogP contribution in [0.25, 0.3) is 10.9 Å². The van der Waals surface area contributed by atoms with E-state index in [1.54, 1.807) is 13.1 Å². The van der Waals surface area contributed by atoms with E-state index in [9.17, 15) is 10.1 Å². The summed E-state index contributed by atoms with van der Waals surface area (Å²) in [4.78, 5) is 16.3. The number of nitriles is 1. The summed E-state index contributed by atoms with van der Waals surface area (Å²) in [7, 11) is 0. The summed E-state index contributed by atoms with van der Waals surface area (Å²) in [5.41, 5.74) is 0.288. The van der Waals surface area contributed by atoms with Crippen LogP contribution in [0.5, 0.6) is 0 Å². The van der Waals surface area contributed by atoms with Crippen molar-refractivity contribution in [2.45, 2.75) is 58.5 Å². The van der Waals surface area contributed by atoms with Crippen molar-refractivity contribution >= 4 is 16.9 Å². The Labute approximate surface area is 155 Å². The van der Waals surface area contributed by atoms with Crippen LogP contribution in [0, 0.1) is 29.1 Å². The predicted octanol–water partition coefficient (Wildman–Crippen LogP) is 4.95. The highest BCUT2D eigenvalue weighted by atomic mass is 16.5. The van der Waals surface area contributed by atoms with Crippen molar-refractivity contribution < 1.29 is 9.53 Å². The number of H-pyrrole nitrogens is 1. The fourth-order valence-electron chi connectivity index (χ4n) is 4.21. The van der Waals surface area contributed by atoms with Crippen LogP contribution in [0.3, 0.4) is 0 Å². The molecule has 0 radical (unpaired) electrons. The molecule has 1 aromatic heterocycles. The number of nitrogens with one attached hydrogen (secondary N) is 1. The molecular weight excluding hydrogens is 324 g/mol. The van der Waals surface area contributed by atoms with E-state index in [0.29, 0.717) is 23.3 Å². The van der Waals surface area contributed by atoms with Crippen LogP contribution >= 0.6 is 0 Å². The third-order valence-corrected chi connectivity index (χ3v) is 5.98. The zero-order valence-electron chi connectivity index (χ0n) is 16.1. The molecule has 2 aromatic rings. The number of rotatable bonds is 4. The molecule has 4 atom stereocenters. The van der Waals surface area contributed by atoms with E-state index in [4.69, 9.17) is 4.74 Å². The highest BCUT2D eigenvalue weighted by Gasteiger charge is 2.42. The molecule has 26 heavy (non-hydrogen) atoms. The molecule has 3 rings (SSSR count). The summed E-state index contributed by atoms with van der Waals surface area (Å²) in [6.45, 7) is 8.25. The predicted molar refractivity (Wildman–Crippen MR) is 102 cm³/mol. The van der Waals surface area contributed by atoms with E-state index in [0.717, 1.165) is 23.7 Å². The van der Waals surface area contributed by atoms with E-state index in [-0.39, 0.29) is 6.10 Å². The molecule has 0 saturated heterocycles. The van der Waals surface area contributed by atoms with Gasteiger partial charge in [-0.2, -0.15) is 5.26 Å². The van der Waals surface area contributed by atoms with Crippen molar-refractivity contribution in [2.24, 2.45) is 17.8 Å². The monoisotopic (exact) mass is 352 g/mol. The van der Waals surface area contributed by atoms with Crippen LogP contribution in [-0.2, 0) is 14.9 Å². The summed E-state index contributed by atoms with van der Waals surface area (Å²) in [6.07, 6.45) is 4.79. The lowest BCUT2D eigenvalue weighted by atomic mass is 9.75. The SMILES string of the molecule is CC(C)[C@@H]1CC[C@@H](C)C[C@H]1OC(=O)[C@](C)(C#N)c1c[nH]c2ccccc12. The van der Waals surface area contributed by atoms with E-state index >= 15 is 0 Å². The Balaban J connectivity index is 1.90. The molecule has 0 unspecified atom stereocenters. The fourth-order valence-corrected chi connectivity index (χ4v) is 4.21. The Kier molecular flexibility index (Phi) is 5.09. The normalized spacial score (nSPS) is 25.6. The second kappa shape index (κ2) is 7.15. The highest BCUT2D eigenvalue weighted by Crippen LogP contribution is 2.38. The van der Waals surface area contributed by atoms with Crippen molar-refractivity contribution in [3.63, 3.8) is 0 Å².